The largest absolute Gasteiger partial charge is 0.544 e. The van der Waals surface area contributed by atoms with Gasteiger partial charge in [0.15, 0.2) is 0 Å². The predicted molar refractivity (Wildman–Crippen MR) is 134 cm³/mol. The van der Waals surface area contributed by atoms with Crippen molar-refractivity contribution in [2.45, 2.75) is 129 Å². The van der Waals surface area contributed by atoms with Crippen molar-refractivity contribution in [2.75, 3.05) is 6.54 Å². The number of aliphatic imine (C=N–C) groups is 1. The minimum atomic E-state index is -1.10. The molecular formula is C27H49N3O2. The van der Waals surface area contributed by atoms with Crippen LogP contribution in [-0.4, -0.2) is 29.0 Å². The van der Waals surface area contributed by atoms with Gasteiger partial charge >= 0.3 is 0 Å². The van der Waals surface area contributed by atoms with E-state index in [0.29, 0.717) is 0 Å². The maximum Gasteiger partial charge on any atom is 0.209 e. The van der Waals surface area contributed by atoms with Crippen LogP contribution in [0.4, 0.5) is 0 Å². The molecule has 1 aliphatic rings. The molecule has 1 heterocycles. The Labute approximate surface area is 197 Å². The summed E-state index contributed by atoms with van der Waals surface area (Å²) in [6.07, 6.45) is 29.6. The van der Waals surface area contributed by atoms with Crippen molar-refractivity contribution in [3.63, 3.8) is 0 Å². The minimum absolute atomic E-state index is 0.0944. The number of rotatable bonds is 21. The Morgan fingerprint density at radius 2 is 1.44 bits per heavy atom. The van der Waals surface area contributed by atoms with Crippen LogP contribution in [0.2, 0.25) is 0 Å². The van der Waals surface area contributed by atoms with E-state index in [4.69, 9.17) is 5.73 Å². The van der Waals surface area contributed by atoms with Gasteiger partial charge in [-0.25, -0.2) is 9.48 Å². The Kier molecular flexibility index (Phi) is 16.1. The van der Waals surface area contributed by atoms with Crippen molar-refractivity contribution < 1.29 is 14.4 Å². The third-order valence-electron chi connectivity index (χ3n) is 6.57. The lowest BCUT2D eigenvalue weighted by molar-refractivity contribution is -0.808. The summed E-state index contributed by atoms with van der Waals surface area (Å²) in [5.74, 6) is -0.257. The molecule has 184 valence electrons. The van der Waals surface area contributed by atoms with Crippen molar-refractivity contribution >= 4 is 11.8 Å². The van der Waals surface area contributed by atoms with Gasteiger partial charge in [-0.2, -0.15) is 0 Å². The lowest BCUT2D eigenvalue weighted by atomic mass is 10.0. The second-order valence-electron chi connectivity index (χ2n) is 9.44. The highest BCUT2D eigenvalue weighted by Crippen LogP contribution is 2.23. The van der Waals surface area contributed by atoms with Gasteiger partial charge in [0.2, 0.25) is 5.84 Å². The van der Waals surface area contributed by atoms with Crippen LogP contribution < -0.4 is 10.8 Å². The first-order chi connectivity index (χ1) is 15.5. The molecule has 0 bridgehead atoms. The van der Waals surface area contributed by atoms with E-state index in [1.54, 1.807) is 12.4 Å². The Morgan fingerprint density at radius 3 is 1.94 bits per heavy atom. The average Bonchev–Trinajstić information content (AvgIpc) is 3.16. The molecule has 5 heteroatoms. The number of carbonyl (C=O) groups excluding carboxylic acids is 1. The topological polar surface area (TPSA) is 78.5 Å². The van der Waals surface area contributed by atoms with E-state index in [1.165, 1.54) is 83.5 Å². The molecule has 2 atom stereocenters. The van der Waals surface area contributed by atoms with Crippen LogP contribution in [0.1, 0.15) is 123 Å². The first-order valence-corrected chi connectivity index (χ1v) is 13.3. The van der Waals surface area contributed by atoms with Gasteiger partial charge in [-0.3, -0.25) is 5.73 Å². The molecule has 1 aliphatic heterocycles. The molecule has 0 saturated carbocycles. The molecule has 0 aromatic heterocycles. The quantitative estimate of drug-likeness (QED) is 0.134. The summed E-state index contributed by atoms with van der Waals surface area (Å²) in [5.41, 5.74) is 6.08. The lowest BCUT2D eigenvalue weighted by Gasteiger charge is -2.36. The normalized spacial score (nSPS) is 19.0. The molecule has 0 fully saturated rings. The smallest absolute Gasteiger partial charge is 0.209 e. The van der Waals surface area contributed by atoms with Gasteiger partial charge in [0.05, 0.1) is 12.2 Å². The number of carboxylic acid groups (broad SMARTS) is 1. The van der Waals surface area contributed by atoms with E-state index in [2.05, 4.69) is 24.1 Å². The highest BCUT2D eigenvalue weighted by Gasteiger charge is 2.38. The third-order valence-corrected chi connectivity index (χ3v) is 6.57. The van der Waals surface area contributed by atoms with E-state index >= 15 is 0 Å². The van der Waals surface area contributed by atoms with Crippen LogP contribution in [0.5, 0.6) is 0 Å². The van der Waals surface area contributed by atoms with Crippen LogP contribution in [0, 0.1) is 0 Å². The Balaban J connectivity index is 1.98. The van der Waals surface area contributed by atoms with E-state index < -0.39 is 5.97 Å². The number of aliphatic carboxylic acids is 1. The average molecular weight is 448 g/mol. The molecular weight excluding hydrogens is 398 g/mol. The molecule has 0 aromatic carbocycles. The maximum atomic E-state index is 11.2. The Hall–Kier alpha value is -1.46. The molecule has 0 aromatic rings. The highest BCUT2D eigenvalue weighted by atomic mass is 16.4. The molecule has 0 radical (unpaired) electrons. The number of amidine groups is 1. The third kappa shape index (κ3) is 12.0. The predicted octanol–water partition coefficient (Wildman–Crippen LogP) is 5.95. The highest BCUT2D eigenvalue weighted by molar-refractivity contribution is 5.81. The molecule has 2 N–H and O–H groups in total. The zero-order valence-electron chi connectivity index (χ0n) is 20.9. The molecule has 5 nitrogen and oxygen atoms in total. The number of hydrogen-bond acceptors (Lipinski definition) is 4. The molecule has 1 rings (SSSR count). The first kappa shape index (κ1) is 28.6. The summed E-state index contributed by atoms with van der Waals surface area (Å²) in [6.45, 7) is 3.96. The molecule has 0 spiro atoms. The number of unbranched alkanes of at least 4 members (excludes halogenated alkanes) is 14. The molecule has 0 amide bonds. The van der Waals surface area contributed by atoms with Gasteiger partial charge < -0.3 is 9.90 Å². The van der Waals surface area contributed by atoms with E-state index in [0.717, 1.165) is 31.5 Å². The summed E-state index contributed by atoms with van der Waals surface area (Å²) in [5, 5.41) is 11.2. The minimum Gasteiger partial charge on any atom is -0.544 e. The van der Waals surface area contributed by atoms with Crippen LogP contribution >= 0.6 is 0 Å². The molecule has 2 unspecified atom stereocenters. The summed E-state index contributed by atoms with van der Waals surface area (Å²) >= 11 is 0. The van der Waals surface area contributed by atoms with E-state index in [-0.39, 0.29) is 17.2 Å². The van der Waals surface area contributed by atoms with Gasteiger partial charge in [0.25, 0.3) is 0 Å². The second-order valence-corrected chi connectivity index (χ2v) is 9.44. The fraction of sp³-hybridized carbons (Fsp3) is 0.778. The van der Waals surface area contributed by atoms with Gasteiger partial charge in [-0.1, -0.05) is 89.7 Å². The summed E-state index contributed by atoms with van der Waals surface area (Å²) in [6, 6.07) is 0. The van der Waals surface area contributed by atoms with Crippen LogP contribution in [0.25, 0.3) is 0 Å². The maximum absolute atomic E-state index is 11.2. The van der Waals surface area contributed by atoms with E-state index in [1.807, 2.05) is 6.92 Å². The van der Waals surface area contributed by atoms with Crippen molar-refractivity contribution in [1.29, 1.82) is 0 Å². The number of quaternary nitrogens is 1. The number of carboxylic acids is 1. The Bertz CT molecular complexity index is 583. The monoisotopic (exact) mass is 447 g/mol. The summed E-state index contributed by atoms with van der Waals surface area (Å²) < 4.78 is 0.0944. The van der Waals surface area contributed by atoms with Gasteiger partial charge in [0, 0.05) is 13.3 Å². The lowest BCUT2D eigenvalue weighted by Crippen LogP contribution is -2.60. The molecule has 0 aliphatic carbocycles. The van der Waals surface area contributed by atoms with Crippen LogP contribution in [0.3, 0.4) is 0 Å². The summed E-state index contributed by atoms with van der Waals surface area (Å²) in [7, 11) is 0. The van der Waals surface area contributed by atoms with Crippen LogP contribution in [0.15, 0.2) is 29.5 Å². The number of allylic oxidation sites excluding steroid dienone is 2. The SMILES string of the molecule is CCCCCCCCCCCCCC/C=C/CCCCC1=NC=C[N+]1(CC(=O)[O-])C(C)N. The van der Waals surface area contributed by atoms with Gasteiger partial charge in [-0.05, 0) is 32.1 Å². The van der Waals surface area contributed by atoms with Crippen molar-refractivity contribution in [2.24, 2.45) is 10.7 Å². The fourth-order valence-corrected chi connectivity index (χ4v) is 4.46. The first-order valence-electron chi connectivity index (χ1n) is 13.3. The van der Waals surface area contributed by atoms with Crippen molar-refractivity contribution in [3.8, 4) is 0 Å². The van der Waals surface area contributed by atoms with E-state index in [9.17, 15) is 9.90 Å². The summed E-state index contributed by atoms with van der Waals surface area (Å²) in [4.78, 5) is 15.6. The fourth-order valence-electron chi connectivity index (χ4n) is 4.46. The number of nitrogens with zero attached hydrogens (tertiary/aromatic N) is 2. The Morgan fingerprint density at radius 1 is 0.938 bits per heavy atom. The standard InChI is InChI=1S/C27H49N3O2/c1-3-4-5-6-7-8-9-10-11-12-13-14-15-16-17-18-19-20-21-26-29-22-23-30(26,25(2)28)24-27(31)32/h16-17,22-23,25H,3-15,18-21,24,28H2,1-2H3/b17-16+. The van der Waals surface area contributed by atoms with Gasteiger partial charge in [0.1, 0.15) is 18.9 Å². The van der Waals surface area contributed by atoms with Crippen molar-refractivity contribution in [1.82, 2.24) is 0 Å². The zero-order chi connectivity index (χ0) is 23.5. The second kappa shape index (κ2) is 18.0. The van der Waals surface area contributed by atoms with Gasteiger partial charge in [-0.15, -0.1) is 0 Å². The molecule has 0 saturated heterocycles. The number of hydrogen-bond donors (Lipinski definition) is 1. The zero-order valence-corrected chi connectivity index (χ0v) is 20.9. The molecule has 32 heavy (non-hydrogen) atoms. The number of nitrogens with two attached hydrogens (primary N) is 1. The van der Waals surface area contributed by atoms with Crippen LogP contribution in [-0.2, 0) is 4.79 Å². The number of carbonyl (C=O) groups is 1. The van der Waals surface area contributed by atoms with Crippen molar-refractivity contribution in [3.05, 3.63) is 24.6 Å².